The SMILES string of the molecule is COc1ccc2c(I)cc(-c3csc(NC(C)C)n3)nc2c1. The maximum atomic E-state index is 5.29. The molecule has 2 heterocycles. The molecule has 0 spiro atoms. The number of halogens is 1. The summed E-state index contributed by atoms with van der Waals surface area (Å²) in [7, 11) is 1.67. The first kappa shape index (κ1) is 15.5. The second-order valence-corrected chi connectivity index (χ2v) is 7.23. The van der Waals surface area contributed by atoms with E-state index in [1.54, 1.807) is 18.4 Å². The molecule has 0 radical (unpaired) electrons. The van der Waals surface area contributed by atoms with Crippen molar-refractivity contribution in [1.29, 1.82) is 0 Å². The summed E-state index contributed by atoms with van der Waals surface area (Å²) in [6.07, 6.45) is 0. The number of anilines is 1. The number of hydrogen-bond donors (Lipinski definition) is 1. The maximum Gasteiger partial charge on any atom is 0.183 e. The Kier molecular flexibility index (Phi) is 4.49. The highest BCUT2D eigenvalue weighted by molar-refractivity contribution is 14.1. The van der Waals surface area contributed by atoms with Crippen molar-refractivity contribution in [3.63, 3.8) is 0 Å². The van der Waals surface area contributed by atoms with Gasteiger partial charge in [0.25, 0.3) is 0 Å². The summed E-state index contributed by atoms with van der Waals surface area (Å²) in [5, 5.41) is 7.41. The van der Waals surface area contributed by atoms with E-state index >= 15 is 0 Å². The highest BCUT2D eigenvalue weighted by Crippen LogP contribution is 2.30. The van der Waals surface area contributed by atoms with Gasteiger partial charge >= 0.3 is 0 Å². The van der Waals surface area contributed by atoms with E-state index in [0.717, 1.165) is 36.7 Å². The quantitative estimate of drug-likeness (QED) is 0.611. The van der Waals surface area contributed by atoms with Gasteiger partial charge in [0, 0.05) is 26.4 Å². The highest BCUT2D eigenvalue weighted by Gasteiger charge is 2.10. The number of nitrogens with one attached hydrogen (secondary N) is 1. The van der Waals surface area contributed by atoms with Crippen LogP contribution in [0.4, 0.5) is 5.13 Å². The van der Waals surface area contributed by atoms with Crippen molar-refractivity contribution in [2.45, 2.75) is 19.9 Å². The largest absolute Gasteiger partial charge is 0.497 e. The van der Waals surface area contributed by atoms with E-state index in [9.17, 15) is 0 Å². The lowest BCUT2D eigenvalue weighted by molar-refractivity contribution is 0.415. The monoisotopic (exact) mass is 425 g/mol. The van der Waals surface area contributed by atoms with Gasteiger partial charge < -0.3 is 10.1 Å². The van der Waals surface area contributed by atoms with Crippen molar-refractivity contribution in [2.24, 2.45) is 0 Å². The van der Waals surface area contributed by atoms with Gasteiger partial charge in [-0.25, -0.2) is 9.97 Å². The fourth-order valence-electron chi connectivity index (χ4n) is 2.13. The summed E-state index contributed by atoms with van der Waals surface area (Å²) in [6, 6.07) is 8.40. The van der Waals surface area contributed by atoms with Crippen LogP contribution in [0.15, 0.2) is 29.6 Å². The van der Waals surface area contributed by atoms with Gasteiger partial charge in [-0.3, -0.25) is 0 Å². The molecule has 0 amide bonds. The van der Waals surface area contributed by atoms with Crippen molar-refractivity contribution < 1.29 is 4.74 Å². The Bertz CT molecular complexity index is 816. The van der Waals surface area contributed by atoms with Crippen LogP contribution in [0.5, 0.6) is 5.75 Å². The fourth-order valence-corrected chi connectivity index (χ4v) is 3.73. The van der Waals surface area contributed by atoms with Gasteiger partial charge in [-0.05, 0) is 54.6 Å². The lowest BCUT2D eigenvalue weighted by atomic mass is 10.2. The van der Waals surface area contributed by atoms with Crippen LogP contribution in [0.3, 0.4) is 0 Å². The molecule has 0 unspecified atom stereocenters. The van der Waals surface area contributed by atoms with Crippen LogP contribution >= 0.6 is 33.9 Å². The zero-order chi connectivity index (χ0) is 15.7. The molecule has 0 aliphatic heterocycles. The first-order chi connectivity index (χ1) is 10.6. The number of benzene rings is 1. The Morgan fingerprint density at radius 2 is 2.00 bits per heavy atom. The third kappa shape index (κ3) is 3.17. The lowest BCUT2D eigenvalue weighted by Gasteiger charge is -2.06. The van der Waals surface area contributed by atoms with Crippen LogP contribution in [-0.2, 0) is 0 Å². The molecule has 1 N–H and O–H groups in total. The molecule has 0 bridgehead atoms. The average Bonchev–Trinajstić information content (AvgIpc) is 2.94. The molecule has 0 saturated carbocycles. The van der Waals surface area contributed by atoms with Crippen molar-refractivity contribution >= 4 is 50.0 Å². The number of fused-ring (bicyclic) bond motifs is 1. The number of pyridine rings is 1. The molecule has 4 nitrogen and oxygen atoms in total. The number of aromatic nitrogens is 2. The van der Waals surface area contributed by atoms with E-state index < -0.39 is 0 Å². The number of rotatable bonds is 4. The van der Waals surface area contributed by atoms with E-state index in [1.165, 1.54) is 0 Å². The number of thiazole rings is 1. The second-order valence-electron chi connectivity index (χ2n) is 5.21. The number of methoxy groups -OCH3 is 1. The van der Waals surface area contributed by atoms with Gasteiger partial charge in [-0.15, -0.1) is 11.3 Å². The molecule has 114 valence electrons. The Hall–Kier alpha value is -1.41. The minimum atomic E-state index is 0.368. The van der Waals surface area contributed by atoms with Crippen LogP contribution in [0.25, 0.3) is 22.3 Å². The van der Waals surface area contributed by atoms with E-state index in [0.29, 0.717) is 6.04 Å². The smallest absolute Gasteiger partial charge is 0.183 e. The Balaban J connectivity index is 2.05. The standard InChI is InChI=1S/C16H16IN3OS/c1-9(2)18-16-20-15(8-22-16)14-7-12(17)11-5-4-10(21-3)6-13(11)19-14/h4-9H,1-3H3,(H,18,20). The molecule has 0 aliphatic carbocycles. The first-order valence-electron chi connectivity index (χ1n) is 6.93. The summed E-state index contributed by atoms with van der Waals surface area (Å²) in [4.78, 5) is 9.36. The molecule has 0 fully saturated rings. The van der Waals surface area contributed by atoms with Gasteiger partial charge in [0.05, 0.1) is 18.3 Å². The van der Waals surface area contributed by atoms with E-state index in [-0.39, 0.29) is 0 Å². The van der Waals surface area contributed by atoms with Crippen LogP contribution in [0.2, 0.25) is 0 Å². The minimum Gasteiger partial charge on any atom is -0.497 e. The topological polar surface area (TPSA) is 47.0 Å². The molecule has 3 rings (SSSR count). The Morgan fingerprint density at radius 3 is 2.73 bits per heavy atom. The summed E-state index contributed by atoms with van der Waals surface area (Å²) < 4.78 is 6.45. The number of hydrogen-bond acceptors (Lipinski definition) is 5. The predicted molar refractivity (Wildman–Crippen MR) is 101 cm³/mol. The van der Waals surface area contributed by atoms with Crippen LogP contribution in [0.1, 0.15) is 13.8 Å². The minimum absolute atomic E-state index is 0.368. The van der Waals surface area contributed by atoms with E-state index in [1.807, 2.05) is 23.6 Å². The average molecular weight is 425 g/mol. The van der Waals surface area contributed by atoms with Gasteiger partial charge in [-0.1, -0.05) is 0 Å². The van der Waals surface area contributed by atoms with E-state index in [4.69, 9.17) is 9.72 Å². The molecular weight excluding hydrogens is 409 g/mol. The van der Waals surface area contributed by atoms with Gasteiger partial charge in [0.2, 0.25) is 0 Å². The zero-order valence-electron chi connectivity index (χ0n) is 12.6. The Labute approximate surface area is 147 Å². The van der Waals surface area contributed by atoms with Crippen molar-refractivity contribution in [2.75, 3.05) is 12.4 Å². The Morgan fingerprint density at radius 1 is 1.18 bits per heavy atom. The van der Waals surface area contributed by atoms with Gasteiger partial charge in [0.15, 0.2) is 5.13 Å². The second kappa shape index (κ2) is 6.37. The molecule has 22 heavy (non-hydrogen) atoms. The number of nitrogens with zero attached hydrogens (tertiary/aromatic N) is 2. The molecule has 0 aliphatic rings. The highest BCUT2D eigenvalue weighted by atomic mass is 127. The first-order valence-corrected chi connectivity index (χ1v) is 8.89. The predicted octanol–water partition coefficient (Wildman–Crippen LogP) is 4.79. The third-order valence-electron chi connectivity index (χ3n) is 3.15. The molecule has 0 saturated heterocycles. The van der Waals surface area contributed by atoms with E-state index in [2.05, 4.69) is 52.8 Å². The summed E-state index contributed by atoms with van der Waals surface area (Å²) in [6.45, 7) is 4.20. The summed E-state index contributed by atoms with van der Waals surface area (Å²) in [5.74, 6) is 0.813. The lowest BCUT2D eigenvalue weighted by Crippen LogP contribution is -2.09. The van der Waals surface area contributed by atoms with Crippen LogP contribution < -0.4 is 10.1 Å². The fraction of sp³-hybridized carbons (Fsp3) is 0.250. The zero-order valence-corrected chi connectivity index (χ0v) is 15.5. The third-order valence-corrected chi connectivity index (χ3v) is 4.81. The molecule has 1 aromatic carbocycles. The summed E-state index contributed by atoms with van der Waals surface area (Å²) in [5.41, 5.74) is 2.71. The molecule has 6 heteroatoms. The molecule has 2 aromatic heterocycles. The van der Waals surface area contributed by atoms with Crippen molar-refractivity contribution in [1.82, 2.24) is 9.97 Å². The van der Waals surface area contributed by atoms with Crippen molar-refractivity contribution in [3.05, 3.63) is 33.2 Å². The molecule has 0 atom stereocenters. The van der Waals surface area contributed by atoms with Crippen LogP contribution in [-0.4, -0.2) is 23.1 Å². The number of ether oxygens (including phenoxy) is 1. The maximum absolute atomic E-state index is 5.29. The van der Waals surface area contributed by atoms with Gasteiger partial charge in [0.1, 0.15) is 11.4 Å². The molecule has 3 aromatic rings. The normalized spacial score (nSPS) is 11.1. The van der Waals surface area contributed by atoms with Crippen molar-refractivity contribution in [3.8, 4) is 17.1 Å². The summed E-state index contributed by atoms with van der Waals surface area (Å²) >= 11 is 3.94. The molecular formula is C16H16IN3OS. The van der Waals surface area contributed by atoms with Gasteiger partial charge in [-0.2, -0.15) is 0 Å². The van der Waals surface area contributed by atoms with Crippen LogP contribution in [0, 0.1) is 3.57 Å².